The second-order valence-electron chi connectivity index (χ2n) is 5.84. The van der Waals surface area contributed by atoms with Gasteiger partial charge < -0.3 is 9.88 Å². The van der Waals surface area contributed by atoms with Crippen LogP contribution in [-0.2, 0) is 21.2 Å². The van der Waals surface area contributed by atoms with Crippen LogP contribution in [0.15, 0.2) is 29.4 Å². The predicted octanol–water partition coefficient (Wildman–Crippen LogP) is 1.60. The Hall–Kier alpha value is -1.89. The summed E-state index contributed by atoms with van der Waals surface area (Å²) in [7, 11) is -3.51. The van der Waals surface area contributed by atoms with Crippen molar-refractivity contribution >= 4 is 26.8 Å². The Morgan fingerprint density at radius 2 is 1.91 bits per heavy atom. The average molecular weight is 323 g/mol. The van der Waals surface area contributed by atoms with Gasteiger partial charge in [0, 0.05) is 12.3 Å². The summed E-state index contributed by atoms with van der Waals surface area (Å²) < 4.78 is 25.3. The Labute approximate surface area is 130 Å². The Morgan fingerprint density at radius 3 is 2.50 bits per heavy atom. The fraction of sp³-hybridized carbons (Fsp3) is 0.467. The first kappa shape index (κ1) is 16.5. The second-order valence-corrected chi connectivity index (χ2v) is 7.75. The summed E-state index contributed by atoms with van der Waals surface area (Å²) in [6, 6.07) is 7.09. The highest BCUT2D eigenvalue weighted by molar-refractivity contribution is 7.90. The number of carbonyl (C=O) groups is 1. The van der Waals surface area contributed by atoms with Crippen LogP contribution in [0.2, 0.25) is 0 Å². The number of imidazole rings is 1. The van der Waals surface area contributed by atoms with Crippen LogP contribution in [0.5, 0.6) is 0 Å². The van der Waals surface area contributed by atoms with Crippen LogP contribution in [0.4, 0.5) is 0 Å². The molecule has 6 nitrogen and oxygen atoms in total. The molecule has 1 aromatic carbocycles. The van der Waals surface area contributed by atoms with Crippen LogP contribution in [-0.4, -0.2) is 36.2 Å². The van der Waals surface area contributed by atoms with Gasteiger partial charge in [0.1, 0.15) is 6.54 Å². The number of para-hydroxylation sites is 2. The molecule has 0 radical (unpaired) electrons. The summed E-state index contributed by atoms with van der Waals surface area (Å²) in [5.41, 5.74) is 1.20. The third-order valence-corrected chi connectivity index (χ3v) is 4.62. The molecule has 0 fully saturated rings. The molecule has 0 bridgehead atoms. The molecule has 0 unspecified atom stereocenters. The minimum absolute atomic E-state index is 0.0176. The molecule has 0 spiro atoms. The van der Waals surface area contributed by atoms with Gasteiger partial charge >= 0.3 is 0 Å². The number of nitrogens with zero attached hydrogens (tertiary/aromatic N) is 2. The molecule has 7 heteroatoms. The van der Waals surface area contributed by atoms with Crippen LogP contribution < -0.4 is 5.32 Å². The van der Waals surface area contributed by atoms with E-state index in [9.17, 15) is 13.2 Å². The number of sulfone groups is 1. The quantitative estimate of drug-likeness (QED) is 0.906. The maximum absolute atomic E-state index is 12.2. The number of carbonyl (C=O) groups excluding carboxylic acids is 1. The van der Waals surface area contributed by atoms with Gasteiger partial charge in [0.15, 0.2) is 0 Å². The zero-order chi connectivity index (χ0) is 16.5. The number of hydrogen-bond acceptors (Lipinski definition) is 4. The van der Waals surface area contributed by atoms with Crippen molar-refractivity contribution in [2.24, 2.45) is 5.92 Å². The molecule has 0 aliphatic rings. The molecule has 1 aromatic heterocycles. The van der Waals surface area contributed by atoms with E-state index < -0.39 is 9.84 Å². The van der Waals surface area contributed by atoms with Crippen LogP contribution in [0, 0.1) is 5.92 Å². The van der Waals surface area contributed by atoms with E-state index in [0.717, 1.165) is 6.26 Å². The molecule has 22 heavy (non-hydrogen) atoms. The van der Waals surface area contributed by atoms with Crippen LogP contribution in [0.25, 0.3) is 11.0 Å². The zero-order valence-corrected chi connectivity index (χ0v) is 14.0. The van der Waals surface area contributed by atoms with Gasteiger partial charge in [-0.2, -0.15) is 0 Å². The molecule has 0 aliphatic heterocycles. The first-order valence-corrected chi connectivity index (χ1v) is 9.04. The summed E-state index contributed by atoms with van der Waals surface area (Å²) in [5.74, 6) is 0.0760. The van der Waals surface area contributed by atoms with E-state index >= 15 is 0 Å². The molecule has 1 amide bonds. The Kier molecular flexibility index (Phi) is 4.55. The number of nitrogens with one attached hydrogen (secondary N) is 1. The van der Waals surface area contributed by atoms with Gasteiger partial charge in [-0.1, -0.05) is 26.0 Å². The third-order valence-electron chi connectivity index (χ3n) is 3.64. The Bertz CT molecular complexity index is 793. The van der Waals surface area contributed by atoms with E-state index in [4.69, 9.17) is 0 Å². The fourth-order valence-electron chi connectivity index (χ4n) is 2.10. The summed E-state index contributed by atoms with van der Waals surface area (Å²) in [6.45, 7) is 5.88. The lowest BCUT2D eigenvalue weighted by molar-refractivity contribution is -0.122. The van der Waals surface area contributed by atoms with Crippen molar-refractivity contribution in [3.8, 4) is 0 Å². The highest BCUT2D eigenvalue weighted by Gasteiger charge is 2.21. The monoisotopic (exact) mass is 323 g/mol. The Balaban J connectivity index is 2.39. The van der Waals surface area contributed by atoms with Crippen LogP contribution >= 0.6 is 0 Å². The van der Waals surface area contributed by atoms with Crippen LogP contribution in [0.1, 0.15) is 20.8 Å². The van der Waals surface area contributed by atoms with Crippen molar-refractivity contribution in [2.75, 3.05) is 6.26 Å². The SMILES string of the molecule is CC(C)[C@H](C)NC(=O)Cn1c(S(C)(=O)=O)nc2ccccc21. The van der Waals surface area contributed by atoms with Gasteiger partial charge in [0.2, 0.25) is 20.9 Å². The third kappa shape index (κ3) is 3.47. The maximum atomic E-state index is 12.2. The molecule has 120 valence electrons. The van der Waals surface area contributed by atoms with Gasteiger partial charge in [-0.3, -0.25) is 4.79 Å². The zero-order valence-electron chi connectivity index (χ0n) is 13.2. The van der Waals surface area contributed by atoms with E-state index in [1.807, 2.05) is 20.8 Å². The standard InChI is InChI=1S/C15H21N3O3S/c1-10(2)11(3)16-14(19)9-18-13-8-6-5-7-12(13)17-15(18)22(4,20)21/h5-8,10-11H,9H2,1-4H3,(H,16,19)/t11-/m0/s1. The van der Waals surface area contributed by atoms with Gasteiger partial charge in [-0.15, -0.1) is 0 Å². The molecule has 0 aliphatic carbocycles. The van der Waals surface area contributed by atoms with Crippen molar-refractivity contribution in [3.63, 3.8) is 0 Å². The number of rotatable bonds is 5. The number of aromatic nitrogens is 2. The highest BCUT2D eigenvalue weighted by atomic mass is 32.2. The summed E-state index contributed by atoms with van der Waals surface area (Å²) in [5, 5.41) is 2.80. The fourth-order valence-corrected chi connectivity index (χ4v) is 2.93. The second kappa shape index (κ2) is 6.08. The number of hydrogen-bond donors (Lipinski definition) is 1. The maximum Gasteiger partial charge on any atom is 0.240 e. The molecule has 1 atom stereocenters. The van der Waals surface area contributed by atoms with E-state index in [1.165, 1.54) is 4.57 Å². The summed E-state index contributed by atoms with van der Waals surface area (Å²) >= 11 is 0. The van der Waals surface area contributed by atoms with Crippen molar-refractivity contribution in [1.29, 1.82) is 0 Å². The predicted molar refractivity (Wildman–Crippen MR) is 85.3 cm³/mol. The summed E-state index contributed by atoms with van der Waals surface area (Å²) in [4.78, 5) is 16.3. The minimum Gasteiger partial charge on any atom is -0.352 e. The first-order chi connectivity index (χ1) is 10.2. The Morgan fingerprint density at radius 1 is 1.27 bits per heavy atom. The molecule has 0 saturated carbocycles. The topological polar surface area (TPSA) is 81.1 Å². The van der Waals surface area contributed by atoms with E-state index in [1.54, 1.807) is 24.3 Å². The lowest BCUT2D eigenvalue weighted by Crippen LogP contribution is -2.38. The molecule has 0 saturated heterocycles. The molecular weight excluding hydrogens is 302 g/mol. The van der Waals surface area contributed by atoms with Gasteiger partial charge in [0.25, 0.3) is 0 Å². The minimum atomic E-state index is -3.51. The smallest absolute Gasteiger partial charge is 0.240 e. The van der Waals surface area contributed by atoms with Crippen molar-refractivity contribution in [1.82, 2.24) is 14.9 Å². The molecule has 1 heterocycles. The lowest BCUT2D eigenvalue weighted by atomic mass is 10.1. The molecular formula is C15H21N3O3S. The largest absolute Gasteiger partial charge is 0.352 e. The van der Waals surface area contributed by atoms with E-state index in [2.05, 4.69) is 10.3 Å². The molecule has 2 rings (SSSR count). The van der Waals surface area contributed by atoms with E-state index in [0.29, 0.717) is 17.0 Å². The van der Waals surface area contributed by atoms with Crippen LogP contribution in [0.3, 0.4) is 0 Å². The first-order valence-electron chi connectivity index (χ1n) is 7.15. The average Bonchev–Trinajstić information content (AvgIpc) is 2.77. The van der Waals surface area contributed by atoms with Gasteiger partial charge in [-0.25, -0.2) is 13.4 Å². The van der Waals surface area contributed by atoms with Crippen molar-refractivity contribution < 1.29 is 13.2 Å². The number of benzene rings is 1. The molecule has 2 aromatic rings. The molecule has 1 N–H and O–H groups in total. The van der Waals surface area contributed by atoms with Gasteiger partial charge in [0.05, 0.1) is 11.0 Å². The van der Waals surface area contributed by atoms with E-state index in [-0.39, 0.29) is 23.7 Å². The highest BCUT2D eigenvalue weighted by Crippen LogP contribution is 2.19. The number of amides is 1. The normalized spacial score (nSPS) is 13.5. The lowest BCUT2D eigenvalue weighted by Gasteiger charge is -2.18. The van der Waals surface area contributed by atoms with Crippen molar-refractivity contribution in [3.05, 3.63) is 24.3 Å². The number of fused-ring (bicyclic) bond motifs is 1. The summed E-state index contributed by atoms with van der Waals surface area (Å²) in [6.07, 6.45) is 1.10. The van der Waals surface area contributed by atoms with Crippen molar-refractivity contribution in [2.45, 2.75) is 38.5 Å². The van der Waals surface area contributed by atoms with Gasteiger partial charge in [-0.05, 0) is 25.0 Å².